The number of nitrogens with zero attached hydrogens (tertiary/aromatic N) is 5. The molecule has 0 saturated carbocycles. The molecule has 0 radical (unpaired) electrons. The number of fused-ring (bicyclic) bond motifs is 2. The number of benzene rings is 5. The third kappa shape index (κ3) is 4.97. The molecule has 44 heavy (non-hydrogen) atoms. The van der Waals surface area contributed by atoms with Crippen molar-refractivity contribution in [2.24, 2.45) is 0 Å². The van der Waals surface area contributed by atoms with Crippen molar-refractivity contribution in [1.29, 1.82) is 0 Å². The maximum absolute atomic E-state index is 4.64. The van der Waals surface area contributed by atoms with Crippen LogP contribution in [0.5, 0.6) is 0 Å². The van der Waals surface area contributed by atoms with Crippen molar-refractivity contribution < 1.29 is 0 Å². The van der Waals surface area contributed by atoms with Gasteiger partial charge in [0.05, 0.1) is 11.0 Å². The molecule has 8 aromatic rings. The van der Waals surface area contributed by atoms with Crippen molar-refractivity contribution in [3.8, 4) is 55.9 Å². The van der Waals surface area contributed by atoms with Crippen molar-refractivity contribution in [2.75, 3.05) is 0 Å². The second-order valence-corrected chi connectivity index (χ2v) is 10.7. The first-order valence-corrected chi connectivity index (χ1v) is 14.5. The summed E-state index contributed by atoms with van der Waals surface area (Å²) < 4.78 is 0. The first-order valence-electron chi connectivity index (χ1n) is 14.5. The van der Waals surface area contributed by atoms with Crippen LogP contribution in [0.1, 0.15) is 0 Å². The lowest BCUT2D eigenvalue weighted by Crippen LogP contribution is -1.92. The molecule has 0 fully saturated rings. The molecule has 0 aliphatic rings. The molecular weight excluding hydrogens is 538 g/mol. The van der Waals surface area contributed by atoms with Crippen LogP contribution >= 0.6 is 0 Å². The molecule has 0 unspecified atom stereocenters. The highest BCUT2D eigenvalue weighted by atomic mass is 15.0. The molecule has 0 amide bonds. The van der Waals surface area contributed by atoms with Gasteiger partial charge in [-0.2, -0.15) is 0 Å². The molecule has 0 aliphatic carbocycles. The van der Waals surface area contributed by atoms with E-state index < -0.39 is 0 Å². The standard InChI is InChI=1S/C39H25N5/c1-3-7-37-30(5-1)17-35(22-41-37)28-13-9-26(10-14-28)32-19-33(21-34(20-32)39-43-24-40-25-44-39)27-11-15-29(16-12-27)36-18-31-6-2-4-8-38(31)42-23-36/h1-25H. The van der Waals surface area contributed by atoms with Crippen LogP contribution in [0.25, 0.3) is 77.7 Å². The second-order valence-electron chi connectivity index (χ2n) is 10.7. The minimum absolute atomic E-state index is 0.640. The van der Waals surface area contributed by atoms with E-state index in [0.717, 1.165) is 71.9 Å². The minimum atomic E-state index is 0.640. The van der Waals surface area contributed by atoms with Crippen molar-refractivity contribution in [3.63, 3.8) is 0 Å². The van der Waals surface area contributed by atoms with Gasteiger partial charge < -0.3 is 0 Å². The van der Waals surface area contributed by atoms with Gasteiger partial charge in [0.15, 0.2) is 5.82 Å². The lowest BCUT2D eigenvalue weighted by molar-refractivity contribution is 1.06. The Kier molecular flexibility index (Phi) is 6.39. The Morgan fingerprint density at radius 3 is 1.20 bits per heavy atom. The second kappa shape index (κ2) is 11.0. The molecule has 0 atom stereocenters. The summed E-state index contributed by atoms with van der Waals surface area (Å²) in [6, 6.07) is 44.5. The molecule has 3 aromatic heterocycles. The molecule has 5 nitrogen and oxygen atoms in total. The molecule has 0 spiro atoms. The van der Waals surface area contributed by atoms with Crippen LogP contribution in [0.2, 0.25) is 0 Å². The van der Waals surface area contributed by atoms with E-state index >= 15 is 0 Å². The lowest BCUT2D eigenvalue weighted by atomic mass is 9.94. The summed E-state index contributed by atoms with van der Waals surface area (Å²) in [5.41, 5.74) is 11.8. The summed E-state index contributed by atoms with van der Waals surface area (Å²) in [4.78, 5) is 22.2. The van der Waals surface area contributed by atoms with Gasteiger partial charge in [0, 0.05) is 39.9 Å². The Morgan fingerprint density at radius 2 is 0.727 bits per heavy atom. The molecule has 0 aliphatic heterocycles. The highest BCUT2D eigenvalue weighted by Crippen LogP contribution is 2.34. The van der Waals surface area contributed by atoms with Gasteiger partial charge in [-0.1, -0.05) is 84.9 Å². The smallest absolute Gasteiger partial charge is 0.162 e. The largest absolute Gasteiger partial charge is 0.256 e. The van der Waals surface area contributed by atoms with Crippen LogP contribution in [0.3, 0.4) is 0 Å². The summed E-state index contributed by atoms with van der Waals surface area (Å²) in [5, 5.41) is 2.26. The van der Waals surface area contributed by atoms with Crippen molar-refractivity contribution in [1.82, 2.24) is 24.9 Å². The summed E-state index contributed by atoms with van der Waals surface area (Å²) in [6.45, 7) is 0. The maximum Gasteiger partial charge on any atom is 0.162 e. The number of aromatic nitrogens is 5. The van der Waals surface area contributed by atoms with Gasteiger partial charge in [0.25, 0.3) is 0 Å². The van der Waals surface area contributed by atoms with E-state index in [1.165, 1.54) is 12.7 Å². The van der Waals surface area contributed by atoms with E-state index in [4.69, 9.17) is 0 Å². The van der Waals surface area contributed by atoms with Crippen LogP contribution in [0.15, 0.2) is 152 Å². The first kappa shape index (κ1) is 25.6. The van der Waals surface area contributed by atoms with E-state index in [1.807, 2.05) is 48.8 Å². The van der Waals surface area contributed by atoms with Gasteiger partial charge >= 0.3 is 0 Å². The number of hydrogen-bond donors (Lipinski definition) is 0. The Bertz CT molecular complexity index is 2120. The predicted molar refractivity (Wildman–Crippen MR) is 178 cm³/mol. The number of rotatable bonds is 5. The highest BCUT2D eigenvalue weighted by molar-refractivity contribution is 5.86. The average Bonchev–Trinajstić information content (AvgIpc) is 3.11. The Morgan fingerprint density at radius 1 is 0.318 bits per heavy atom. The third-order valence-corrected chi connectivity index (χ3v) is 7.97. The zero-order valence-corrected chi connectivity index (χ0v) is 23.7. The number of hydrogen-bond acceptors (Lipinski definition) is 5. The quantitative estimate of drug-likeness (QED) is 0.209. The fraction of sp³-hybridized carbons (Fsp3) is 0. The van der Waals surface area contributed by atoms with E-state index in [2.05, 4.69) is 116 Å². The van der Waals surface area contributed by atoms with Crippen molar-refractivity contribution in [2.45, 2.75) is 0 Å². The van der Waals surface area contributed by atoms with Gasteiger partial charge in [-0.3, -0.25) is 9.97 Å². The molecule has 0 saturated heterocycles. The van der Waals surface area contributed by atoms with E-state index in [1.54, 1.807) is 0 Å². The van der Waals surface area contributed by atoms with Crippen LogP contribution in [-0.2, 0) is 0 Å². The Balaban J connectivity index is 1.16. The fourth-order valence-electron chi connectivity index (χ4n) is 5.65. The lowest BCUT2D eigenvalue weighted by Gasteiger charge is -2.12. The number of para-hydroxylation sites is 2. The summed E-state index contributed by atoms with van der Waals surface area (Å²) in [5.74, 6) is 0.640. The Labute approximate surface area is 254 Å². The predicted octanol–water partition coefficient (Wildman–Crippen LogP) is 9.30. The van der Waals surface area contributed by atoms with E-state index in [9.17, 15) is 0 Å². The molecule has 5 heteroatoms. The van der Waals surface area contributed by atoms with Gasteiger partial charge in [0.2, 0.25) is 0 Å². The van der Waals surface area contributed by atoms with Crippen LogP contribution in [0.4, 0.5) is 0 Å². The summed E-state index contributed by atoms with van der Waals surface area (Å²) in [6.07, 6.45) is 6.95. The molecule has 3 heterocycles. The van der Waals surface area contributed by atoms with E-state index in [0.29, 0.717) is 5.82 Å². The Hall–Kier alpha value is -6.07. The first-order chi connectivity index (χ1) is 21.8. The van der Waals surface area contributed by atoms with Crippen molar-refractivity contribution in [3.05, 3.63) is 152 Å². The van der Waals surface area contributed by atoms with E-state index in [-0.39, 0.29) is 0 Å². The van der Waals surface area contributed by atoms with Crippen LogP contribution in [-0.4, -0.2) is 24.9 Å². The fourth-order valence-corrected chi connectivity index (χ4v) is 5.65. The molecule has 206 valence electrons. The summed E-state index contributed by atoms with van der Waals surface area (Å²) in [7, 11) is 0. The zero-order chi connectivity index (χ0) is 29.3. The molecule has 5 aromatic carbocycles. The summed E-state index contributed by atoms with van der Waals surface area (Å²) >= 11 is 0. The topological polar surface area (TPSA) is 64.5 Å². The monoisotopic (exact) mass is 563 g/mol. The maximum atomic E-state index is 4.64. The zero-order valence-electron chi connectivity index (χ0n) is 23.7. The highest BCUT2D eigenvalue weighted by Gasteiger charge is 2.11. The van der Waals surface area contributed by atoms with Gasteiger partial charge in [-0.05, 0) is 75.8 Å². The molecular formula is C39H25N5. The number of pyridine rings is 2. The average molecular weight is 564 g/mol. The van der Waals surface area contributed by atoms with Crippen LogP contribution in [0, 0.1) is 0 Å². The molecule has 0 N–H and O–H groups in total. The molecule has 8 rings (SSSR count). The minimum Gasteiger partial charge on any atom is -0.256 e. The van der Waals surface area contributed by atoms with Gasteiger partial charge in [0.1, 0.15) is 12.7 Å². The SMILES string of the molecule is c1ccc2ncc(-c3ccc(-c4cc(-c5ccc(-c6cnc7ccccc7c6)cc5)cc(-c5ncncn5)c4)cc3)cc2c1. The normalized spacial score (nSPS) is 11.2. The van der Waals surface area contributed by atoms with Gasteiger partial charge in [-0.15, -0.1) is 0 Å². The van der Waals surface area contributed by atoms with Crippen LogP contribution < -0.4 is 0 Å². The van der Waals surface area contributed by atoms with Crippen molar-refractivity contribution >= 4 is 21.8 Å². The molecule has 0 bridgehead atoms. The third-order valence-electron chi connectivity index (χ3n) is 7.97. The van der Waals surface area contributed by atoms with Gasteiger partial charge in [-0.25, -0.2) is 15.0 Å².